The van der Waals surface area contributed by atoms with Crippen LogP contribution in [0.3, 0.4) is 0 Å². The van der Waals surface area contributed by atoms with Gasteiger partial charge in [-0.3, -0.25) is 5.32 Å². The number of H-pyrrole nitrogens is 1. The number of anilines is 3. The van der Waals surface area contributed by atoms with Crippen LogP contribution in [0.5, 0.6) is 11.5 Å². The molecular formula is C22H17Cl2N5O4. The summed E-state index contributed by atoms with van der Waals surface area (Å²) < 4.78 is 10.4. The van der Waals surface area contributed by atoms with E-state index in [1.165, 1.54) is 7.11 Å². The number of nitrogens with zero attached hydrogens (tertiary/aromatic N) is 1. The van der Waals surface area contributed by atoms with Crippen LogP contribution >= 0.6 is 23.2 Å². The fraction of sp³-hybridized carbons (Fsp3) is 0.0455. The molecule has 0 saturated carbocycles. The Kier molecular flexibility index (Phi) is 6.53. The Morgan fingerprint density at radius 1 is 0.909 bits per heavy atom. The number of aromatic nitrogens is 2. The molecule has 0 aliphatic carbocycles. The van der Waals surface area contributed by atoms with Crippen molar-refractivity contribution >= 4 is 63.7 Å². The maximum Gasteiger partial charge on any atom is 0.413 e. The maximum absolute atomic E-state index is 12.2. The Hall–Kier alpha value is -3.95. The molecule has 1 heterocycles. The van der Waals surface area contributed by atoms with E-state index in [-0.39, 0.29) is 5.95 Å². The van der Waals surface area contributed by atoms with Crippen molar-refractivity contribution in [2.45, 2.75) is 0 Å². The Morgan fingerprint density at radius 2 is 1.67 bits per heavy atom. The fourth-order valence-corrected chi connectivity index (χ4v) is 3.21. The molecule has 3 aromatic carbocycles. The van der Waals surface area contributed by atoms with Gasteiger partial charge in [0.05, 0.1) is 28.9 Å². The molecule has 0 saturated heterocycles. The van der Waals surface area contributed by atoms with Crippen molar-refractivity contribution in [3.05, 3.63) is 70.7 Å². The lowest BCUT2D eigenvalue weighted by Gasteiger charge is -2.10. The highest BCUT2D eigenvalue weighted by molar-refractivity contribution is 6.35. The first kappa shape index (κ1) is 22.3. The second kappa shape index (κ2) is 9.68. The Labute approximate surface area is 198 Å². The van der Waals surface area contributed by atoms with Crippen molar-refractivity contribution in [1.29, 1.82) is 0 Å². The number of urea groups is 1. The number of halogens is 2. The largest absolute Gasteiger partial charge is 0.457 e. The lowest BCUT2D eigenvalue weighted by Crippen LogP contribution is -2.19. The lowest BCUT2D eigenvalue weighted by molar-refractivity contribution is 0.186. The van der Waals surface area contributed by atoms with Crippen LogP contribution < -0.4 is 20.7 Å². The third-order valence-electron chi connectivity index (χ3n) is 4.38. The van der Waals surface area contributed by atoms with Gasteiger partial charge in [-0.2, -0.15) is 0 Å². The minimum atomic E-state index is -0.622. The first-order chi connectivity index (χ1) is 15.9. The first-order valence-electron chi connectivity index (χ1n) is 9.55. The van der Waals surface area contributed by atoms with Crippen LogP contribution in [-0.2, 0) is 4.74 Å². The Morgan fingerprint density at radius 3 is 2.42 bits per heavy atom. The van der Waals surface area contributed by atoms with E-state index in [1.807, 2.05) is 0 Å². The smallest absolute Gasteiger partial charge is 0.413 e. The molecule has 4 aromatic rings. The highest BCUT2D eigenvalue weighted by Gasteiger charge is 2.09. The van der Waals surface area contributed by atoms with Crippen molar-refractivity contribution in [3.63, 3.8) is 0 Å². The standard InChI is InChI=1S/C22H17Cl2N5O4/c1-32-22(31)29-20-26-17-9-7-15(11-19(17)27-20)33-14-5-3-13(4-6-14)25-21(30)28-18-10-12(23)2-8-16(18)24/h2-11H,1H3,(H2,25,28,30)(H2,26,27,29,31). The van der Waals surface area contributed by atoms with Crippen LogP contribution in [0.1, 0.15) is 0 Å². The number of benzene rings is 3. The van der Waals surface area contributed by atoms with Gasteiger partial charge in [0.1, 0.15) is 11.5 Å². The zero-order valence-electron chi connectivity index (χ0n) is 17.1. The summed E-state index contributed by atoms with van der Waals surface area (Å²) in [6.45, 7) is 0. The van der Waals surface area contributed by atoms with E-state index in [9.17, 15) is 9.59 Å². The Balaban J connectivity index is 1.38. The van der Waals surface area contributed by atoms with Gasteiger partial charge < -0.3 is 25.1 Å². The summed E-state index contributed by atoms with van der Waals surface area (Å²) in [5.74, 6) is 1.37. The molecule has 3 amide bonds. The molecule has 0 aliphatic rings. The Bertz CT molecular complexity index is 1320. The molecule has 1 aromatic heterocycles. The normalized spacial score (nSPS) is 10.5. The van der Waals surface area contributed by atoms with Crippen LogP contribution in [0.15, 0.2) is 60.7 Å². The molecule has 0 aliphatic heterocycles. The summed E-state index contributed by atoms with van der Waals surface area (Å²) >= 11 is 12.0. The number of amides is 3. The number of hydrogen-bond donors (Lipinski definition) is 4. The summed E-state index contributed by atoms with van der Waals surface area (Å²) in [6, 6.07) is 16.4. The predicted octanol–water partition coefficient (Wildman–Crippen LogP) is 6.48. The quantitative estimate of drug-likeness (QED) is 0.257. The lowest BCUT2D eigenvalue weighted by atomic mass is 10.3. The molecule has 0 bridgehead atoms. The van der Waals surface area contributed by atoms with Crippen LogP contribution in [-0.4, -0.2) is 29.2 Å². The van der Waals surface area contributed by atoms with E-state index >= 15 is 0 Å². The number of hydrogen-bond acceptors (Lipinski definition) is 5. The van der Waals surface area contributed by atoms with Crippen LogP contribution in [0.25, 0.3) is 11.0 Å². The third kappa shape index (κ3) is 5.65. The SMILES string of the molecule is COC(=O)Nc1nc2cc(Oc3ccc(NC(=O)Nc4cc(Cl)ccc4Cl)cc3)ccc2[nH]1. The summed E-state index contributed by atoms with van der Waals surface area (Å²) in [4.78, 5) is 30.8. The molecule has 0 unspecified atom stereocenters. The van der Waals surface area contributed by atoms with Gasteiger partial charge in [0.25, 0.3) is 0 Å². The molecule has 4 N–H and O–H groups in total. The average molecular weight is 486 g/mol. The number of methoxy groups -OCH3 is 1. The predicted molar refractivity (Wildman–Crippen MR) is 128 cm³/mol. The number of fused-ring (bicyclic) bond motifs is 1. The monoisotopic (exact) mass is 485 g/mol. The summed E-state index contributed by atoms with van der Waals surface area (Å²) in [5, 5.41) is 8.66. The van der Waals surface area contributed by atoms with Crippen molar-refractivity contribution in [3.8, 4) is 11.5 Å². The van der Waals surface area contributed by atoms with Crippen molar-refractivity contribution in [2.24, 2.45) is 0 Å². The van der Waals surface area contributed by atoms with E-state index in [1.54, 1.807) is 60.7 Å². The van der Waals surface area contributed by atoms with E-state index in [2.05, 4.69) is 30.7 Å². The van der Waals surface area contributed by atoms with E-state index in [0.29, 0.717) is 38.4 Å². The van der Waals surface area contributed by atoms with Crippen molar-refractivity contribution < 1.29 is 19.1 Å². The van der Waals surface area contributed by atoms with Gasteiger partial charge in [-0.25, -0.2) is 14.6 Å². The second-order valence-corrected chi connectivity index (χ2v) is 7.55. The van der Waals surface area contributed by atoms with Gasteiger partial charge in [0.15, 0.2) is 0 Å². The van der Waals surface area contributed by atoms with Gasteiger partial charge in [-0.05, 0) is 54.6 Å². The van der Waals surface area contributed by atoms with Crippen molar-refractivity contribution in [1.82, 2.24) is 9.97 Å². The summed E-state index contributed by atoms with van der Waals surface area (Å²) in [6.07, 6.45) is -0.622. The van der Waals surface area contributed by atoms with Gasteiger partial charge in [-0.1, -0.05) is 23.2 Å². The fourth-order valence-electron chi connectivity index (χ4n) is 2.88. The zero-order chi connectivity index (χ0) is 23.4. The molecule has 0 radical (unpaired) electrons. The minimum Gasteiger partial charge on any atom is -0.457 e. The van der Waals surface area contributed by atoms with Crippen molar-refractivity contribution in [2.75, 3.05) is 23.1 Å². The molecule has 9 nitrogen and oxygen atoms in total. The van der Waals surface area contributed by atoms with E-state index in [4.69, 9.17) is 27.9 Å². The molecule has 0 spiro atoms. The van der Waals surface area contributed by atoms with Crippen LogP contribution in [0.2, 0.25) is 10.0 Å². The number of nitrogens with one attached hydrogen (secondary N) is 4. The van der Waals surface area contributed by atoms with Gasteiger partial charge in [-0.15, -0.1) is 0 Å². The van der Waals surface area contributed by atoms with Crippen LogP contribution in [0, 0.1) is 0 Å². The minimum absolute atomic E-state index is 0.266. The molecule has 11 heteroatoms. The zero-order valence-corrected chi connectivity index (χ0v) is 18.6. The first-order valence-corrected chi connectivity index (χ1v) is 10.3. The topological polar surface area (TPSA) is 117 Å². The molecule has 4 rings (SSSR count). The molecule has 168 valence electrons. The van der Waals surface area contributed by atoms with E-state index in [0.717, 1.165) is 5.52 Å². The molecule has 33 heavy (non-hydrogen) atoms. The number of aromatic amines is 1. The molecule has 0 atom stereocenters. The highest BCUT2D eigenvalue weighted by atomic mass is 35.5. The highest BCUT2D eigenvalue weighted by Crippen LogP contribution is 2.28. The maximum atomic E-state index is 12.2. The van der Waals surface area contributed by atoms with Gasteiger partial charge in [0.2, 0.25) is 5.95 Å². The number of carbonyl (C=O) groups is 2. The molecule has 0 fully saturated rings. The average Bonchev–Trinajstić information content (AvgIpc) is 3.19. The number of carbonyl (C=O) groups excluding carboxylic acids is 2. The molecular weight excluding hydrogens is 469 g/mol. The summed E-state index contributed by atoms with van der Waals surface area (Å²) in [5.41, 5.74) is 2.28. The van der Waals surface area contributed by atoms with Crippen LogP contribution in [0.4, 0.5) is 26.9 Å². The van der Waals surface area contributed by atoms with Gasteiger partial charge in [0, 0.05) is 16.8 Å². The third-order valence-corrected chi connectivity index (χ3v) is 4.95. The summed E-state index contributed by atoms with van der Waals surface area (Å²) in [7, 11) is 1.27. The second-order valence-electron chi connectivity index (χ2n) is 6.71. The van der Waals surface area contributed by atoms with Gasteiger partial charge >= 0.3 is 12.1 Å². The number of ether oxygens (including phenoxy) is 2. The number of imidazole rings is 1. The number of rotatable bonds is 5. The van der Waals surface area contributed by atoms with E-state index < -0.39 is 12.1 Å².